The fourth-order valence-electron chi connectivity index (χ4n) is 1.66. The van der Waals surface area contributed by atoms with Gasteiger partial charge in [-0.15, -0.1) is 0 Å². The van der Waals surface area contributed by atoms with Crippen LogP contribution in [0, 0.1) is 5.82 Å². The van der Waals surface area contributed by atoms with Gasteiger partial charge in [0.05, 0.1) is 0 Å². The molecule has 0 saturated carbocycles. The molecule has 0 spiro atoms. The Morgan fingerprint density at radius 3 is 2.82 bits per heavy atom. The zero-order valence-corrected chi connectivity index (χ0v) is 9.90. The smallest absolute Gasteiger partial charge is 0.170 e. The minimum absolute atomic E-state index is 0.200. The highest BCUT2D eigenvalue weighted by Gasteiger charge is 2.15. The molecule has 4 heteroatoms. The molecule has 0 aliphatic heterocycles. The fraction of sp³-hybridized carbons (Fsp3) is 0.385. The third-order valence-corrected chi connectivity index (χ3v) is 2.56. The van der Waals surface area contributed by atoms with E-state index in [1.807, 2.05) is 13.8 Å². The number of aliphatic hydroxyl groups is 1. The Kier molecular flexibility index (Phi) is 3.45. The minimum atomic E-state index is -0.760. The Labute approximate surface area is 99.2 Å². The lowest BCUT2D eigenvalue weighted by atomic mass is 10.2. The van der Waals surface area contributed by atoms with E-state index in [2.05, 4.69) is 5.32 Å². The summed E-state index contributed by atoms with van der Waals surface area (Å²) in [4.78, 5) is 0. The van der Waals surface area contributed by atoms with E-state index >= 15 is 0 Å². The summed E-state index contributed by atoms with van der Waals surface area (Å²) >= 11 is 0. The van der Waals surface area contributed by atoms with Gasteiger partial charge >= 0.3 is 0 Å². The summed E-state index contributed by atoms with van der Waals surface area (Å²) in [7, 11) is 0. The Balaban J connectivity index is 2.21. The van der Waals surface area contributed by atoms with Crippen molar-refractivity contribution in [2.45, 2.75) is 26.0 Å². The van der Waals surface area contributed by atoms with Gasteiger partial charge in [0, 0.05) is 18.0 Å². The summed E-state index contributed by atoms with van der Waals surface area (Å²) in [6.07, 6.45) is -0.760. The number of para-hydroxylation sites is 1. The molecule has 0 radical (unpaired) electrons. The molecule has 0 aliphatic rings. The molecule has 17 heavy (non-hydrogen) atoms. The van der Waals surface area contributed by atoms with Crippen molar-refractivity contribution in [2.24, 2.45) is 0 Å². The highest BCUT2D eigenvalue weighted by Crippen LogP contribution is 2.25. The van der Waals surface area contributed by atoms with Gasteiger partial charge in [0.1, 0.15) is 11.9 Å². The molecule has 0 aliphatic carbocycles. The molecule has 0 fully saturated rings. The van der Waals surface area contributed by atoms with Crippen LogP contribution < -0.4 is 5.32 Å². The maximum absolute atomic E-state index is 13.4. The lowest BCUT2D eigenvalue weighted by molar-refractivity contribution is 0.147. The molecule has 1 heterocycles. The molecular weight excluding hydrogens is 221 g/mol. The fourth-order valence-corrected chi connectivity index (χ4v) is 1.66. The Bertz CT molecular complexity index is 507. The molecule has 2 aromatic rings. The van der Waals surface area contributed by atoms with E-state index < -0.39 is 11.9 Å². The minimum Gasteiger partial charge on any atom is -0.455 e. The first-order chi connectivity index (χ1) is 8.08. The summed E-state index contributed by atoms with van der Waals surface area (Å²) in [6.45, 7) is 4.37. The van der Waals surface area contributed by atoms with E-state index in [9.17, 15) is 9.50 Å². The van der Waals surface area contributed by atoms with Gasteiger partial charge in [-0.05, 0) is 12.1 Å². The van der Waals surface area contributed by atoms with E-state index in [0.29, 0.717) is 17.7 Å². The summed E-state index contributed by atoms with van der Waals surface area (Å²) in [5.74, 6) is -0.0176. The monoisotopic (exact) mass is 237 g/mol. The van der Waals surface area contributed by atoms with E-state index in [-0.39, 0.29) is 11.6 Å². The van der Waals surface area contributed by atoms with Crippen molar-refractivity contribution in [2.75, 3.05) is 6.54 Å². The first kappa shape index (κ1) is 12.1. The summed E-state index contributed by atoms with van der Waals surface area (Å²) in [6, 6.07) is 6.68. The van der Waals surface area contributed by atoms with Gasteiger partial charge in [0.25, 0.3) is 0 Å². The first-order valence-corrected chi connectivity index (χ1v) is 5.67. The van der Waals surface area contributed by atoms with Gasteiger partial charge in [-0.3, -0.25) is 0 Å². The lowest BCUT2D eigenvalue weighted by Gasteiger charge is -2.11. The molecule has 0 amide bonds. The highest BCUT2D eigenvalue weighted by atomic mass is 19.1. The second kappa shape index (κ2) is 4.85. The van der Waals surface area contributed by atoms with Gasteiger partial charge in [-0.2, -0.15) is 0 Å². The molecule has 1 unspecified atom stereocenters. The lowest BCUT2D eigenvalue weighted by Crippen LogP contribution is -2.27. The molecule has 1 aromatic carbocycles. The summed E-state index contributed by atoms with van der Waals surface area (Å²) in [5, 5.41) is 13.7. The number of nitrogens with one attached hydrogen (secondary N) is 1. The van der Waals surface area contributed by atoms with Gasteiger partial charge in [-0.1, -0.05) is 26.0 Å². The van der Waals surface area contributed by atoms with E-state index in [4.69, 9.17) is 4.42 Å². The standard InChI is InChI=1S/C13H16FNO2/c1-8(2)15-7-11(16)12-6-9-4-3-5-10(14)13(9)17-12/h3-6,8,11,15-16H,7H2,1-2H3. The van der Waals surface area contributed by atoms with Crippen molar-refractivity contribution >= 4 is 11.0 Å². The molecule has 0 saturated heterocycles. The van der Waals surface area contributed by atoms with Crippen LogP contribution in [-0.4, -0.2) is 17.7 Å². The SMILES string of the molecule is CC(C)NCC(O)c1cc2cccc(F)c2o1. The quantitative estimate of drug-likeness (QED) is 0.859. The maximum Gasteiger partial charge on any atom is 0.170 e. The molecule has 92 valence electrons. The zero-order valence-electron chi connectivity index (χ0n) is 9.90. The predicted molar refractivity (Wildman–Crippen MR) is 64.3 cm³/mol. The molecule has 3 nitrogen and oxygen atoms in total. The van der Waals surface area contributed by atoms with Crippen LogP contribution in [0.4, 0.5) is 4.39 Å². The Hall–Kier alpha value is -1.39. The summed E-state index contributed by atoms with van der Waals surface area (Å²) in [5.41, 5.74) is 0.200. The third kappa shape index (κ3) is 2.65. The van der Waals surface area contributed by atoms with Crippen molar-refractivity contribution in [1.29, 1.82) is 0 Å². The number of benzene rings is 1. The molecule has 1 atom stereocenters. The van der Waals surface area contributed by atoms with E-state index in [1.165, 1.54) is 6.07 Å². The number of hydrogen-bond donors (Lipinski definition) is 2. The number of fused-ring (bicyclic) bond motifs is 1. The maximum atomic E-state index is 13.4. The number of aliphatic hydroxyl groups excluding tert-OH is 1. The van der Waals surface area contributed by atoms with Crippen LogP contribution in [0.1, 0.15) is 25.7 Å². The predicted octanol–water partition coefficient (Wildman–Crippen LogP) is 2.60. The second-order valence-electron chi connectivity index (χ2n) is 4.39. The molecule has 2 rings (SSSR count). The average molecular weight is 237 g/mol. The zero-order chi connectivity index (χ0) is 12.4. The van der Waals surface area contributed by atoms with Gasteiger partial charge in [0.2, 0.25) is 0 Å². The van der Waals surface area contributed by atoms with Crippen LogP contribution in [0.2, 0.25) is 0 Å². The molecular formula is C13H16FNO2. The third-order valence-electron chi connectivity index (χ3n) is 2.56. The second-order valence-corrected chi connectivity index (χ2v) is 4.39. The van der Waals surface area contributed by atoms with Gasteiger partial charge < -0.3 is 14.8 Å². The van der Waals surface area contributed by atoms with Gasteiger partial charge in [-0.25, -0.2) is 4.39 Å². The van der Waals surface area contributed by atoms with Gasteiger partial charge in [0.15, 0.2) is 11.4 Å². The normalized spacial score (nSPS) is 13.5. The van der Waals surface area contributed by atoms with Crippen LogP contribution in [0.5, 0.6) is 0 Å². The van der Waals surface area contributed by atoms with Crippen molar-refractivity contribution in [1.82, 2.24) is 5.32 Å². The first-order valence-electron chi connectivity index (χ1n) is 5.67. The molecule has 0 bridgehead atoms. The summed E-state index contributed by atoms with van der Waals surface area (Å²) < 4.78 is 18.7. The van der Waals surface area contributed by atoms with Crippen molar-refractivity contribution in [3.05, 3.63) is 35.8 Å². The topological polar surface area (TPSA) is 45.4 Å². The van der Waals surface area contributed by atoms with Crippen LogP contribution in [0.15, 0.2) is 28.7 Å². The van der Waals surface area contributed by atoms with Crippen LogP contribution in [-0.2, 0) is 0 Å². The molecule has 2 N–H and O–H groups in total. The van der Waals surface area contributed by atoms with Crippen molar-refractivity contribution in [3.8, 4) is 0 Å². The van der Waals surface area contributed by atoms with Crippen LogP contribution >= 0.6 is 0 Å². The van der Waals surface area contributed by atoms with E-state index in [0.717, 1.165) is 0 Å². The molecule has 1 aromatic heterocycles. The Morgan fingerprint density at radius 1 is 1.41 bits per heavy atom. The van der Waals surface area contributed by atoms with Crippen LogP contribution in [0.3, 0.4) is 0 Å². The van der Waals surface area contributed by atoms with E-state index in [1.54, 1.807) is 18.2 Å². The number of rotatable bonds is 4. The van der Waals surface area contributed by atoms with Crippen molar-refractivity contribution in [3.63, 3.8) is 0 Å². The Morgan fingerprint density at radius 2 is 2.18 bits per heavy atom. The highest BCUT2D eigenvalue weighted by molar-refractivity contribution is 5.78. The number of hydrogen-bond acceptors (Lipinski definition) is 3. The number of halogens is 1. The largest absolute Gasteiger partial charge is 0.455 e. The number of furan rings is 1. The van der Waals surface area contributed by atoms with Crippen LogP contribution in [0.25, 0.3) is 11.0 Å². The van der Waals surface area contributed by atoms with Crippen molar-refractivity contribution < 1.29 is 13.9 Å². The average Bonchev–Trinajstić information content (AvgIpc) is 2.71.